The molecule has 0 aromatic heterocycles. The summed E-state index contributed by atoms with van der Waals surface area (Å²) in [6.45, 7) is 0. The van der Waals surface area contributed by atoms with Gasteiger partial charge in [-0.2, -0.15) is 10.0 Å². The van der Waals surface area contributed by atoms with Crippen molar-refractivity contribution in [1.29, 1.82) is 0 Å². The Kier molecular flexibility index (Phi) is 5.27. The zero-order valence-electron chi connectivity index (χ0n) is 14.1. The van der Waals surface area contributed by atoms with Gasteiger partial charge in [-0.25, -0.2) is 0 Å². The molecule has 0 heterocycles. The van der Waals surface area contributed by atoms with Crippen molar-refractivity contribution in [3.8, 4) is 5.75 Å². The van der Waals surface area contributed by atoms with Gasteiger partial charge < -0.3 is 5.11 Å². The molecule has 0 saturated heterocycles. The van der Waals surface area contributed by atoms with Crippen molar-refractivity contribution in [1.82, 2.24) is 0 Å². The zero-order chi connectivity index (χ0) is 16.8. The Morgan fingerprint density at radius 2 is 1.21 bits per heavy atom. The van der Waals surface area contributed by atoms with E-state index in [2.05, 4.69) is 66.9 Å². The molecule has 1 nitrogen and oxygen atoms in total. The fraction of sp³-hybridized carbons (Fsp3) is 0.182. The van der Waals surface area contributed by atoms with E-state index < -0.39 is 10.0 Å². The van der Waals surface area contributed by atoms with Gasteiger partial charge in [-0.3, -0.25) is 0 Å². The second-order valence-corrected chi connectivity index (χ2v) is 9.71. The van der Waals surface area contributed by atoms with Crippen molar-refractivity contribution in [2.75, 3.05) is 12.0 Å². The Hall–Kier alpha value is -2.19. The van der Waals surface area contributed by atoms with E-state index in [1.807, 2.05) is 12.1 Å². The molecule has 0 atom stereocenters. The molecule has 0 unspecified atom stereocenters. The van der Waals surface area contributed by atoms with Gasteiger partial charge in [-0.05, 0) is 76.6 Å². The van der Waals surface area contributed by atoms with Crippen LogP contribution >= 0.6 is 10.0 Å². The second kappa shape index (κ2) is 7.59. The fourth-order valence-corrected chi connectivity index (χ4v) is 6.02. The summed E-state index contributed by atoms with van der Waals surface area (Å²) in [7, 11) is -1.02. The lowest BCUT2D eigenvalue weighted by atomic mass is 10.1. The Labute approximate surface area is 146 Å². The number of benzene rings is 3. The molecule has 24 heavy (non-hydrogen) atoms. The molecule has 3 aromatic carbocycles. The van der Waals surface area contributed by atoms with E-state index >= 15 is 0 Å². The van der Waals surface area contributed by atoms with Gasteiger partial charge in [0.25, 0.3) is 0 Å². The van der Waals surface area contributed by atoms with Gasteiger partial charge in [0, 0.05) is 0 Å². The summed E-state index contributed by atoms with van der Waals surface area (Å²) in [5, 5.41) is 9.41. The Bertz CT molecular complexity index is 711. The van der Waals surface area contributed by atoms with Crippen LogP contribution in [0.1, 0.15) is 12.0 Å². The van der Waals surface area contributed by atoms with Crippen molar-refractivity contribution in [2.45, 2.75) is 22.6 Å². The number of phenolic OH excluding ortho intramolecular Hbond substituents is 1. The van der Waals surface area contributed by atoms with Crippen molar-refractivity contribution in [2.24, 2.45) is 0 Å². The molecule has 0 bridgehead atoms. The summed E-state index contributed by atoms with van der Waals surface area (Å²) in [5.74, 6) is 1.50. The monoisotopic (exact) mass is 336 g/mol. The molecule has 0 spiro atoms. The Balaban J connectivity index is 1.79. The Morgan fingerprint density at radius 3 is 1.71 bits per heavy atom. The molecule has 0 saturated carbocycles. The summed E-state index contributed by atoms with van der Waals surface area (Å²) in [6, 6.07) is 29.4. The van der Waals surface area contributed by atoms with Crippen LogP contribution in [0.2, 0.25) is 0 Å². The SMILES string of the molecule is CS(CCCc1ccc(O)cc1)(c1ccccc1)c1ccccc1. The van der Waals surface area contributed by atoms with Crippen LogP contribution in [0.15, 0.2) is 94.7 Å². The summed E-state index contributed by atoms with van der Waals surface area (Å²) in [5.41, 5.74) is 1.29. The molecule has 124 valence electrons. The summed E-state index contributed by atoms with van der Waals surface area (Å²) >= 11 is 0. The number of hydrogen-bond acceptors (Lipinski definition) is 1. The van der Waals surface area contributed by atoms with Crippen molar-refractivity contribution in [3.05, 3.63) is 90.5 Å². The third-order valence-corrected chi connectivity index (χ3v) is 8.21. The quantitative estimate of drug-likeness (QED) is 0.596. The molecule has 0 aliphatic heterocycles. The highest BCUT2D eigenvalue weighted by Gasteiger charge is 2.22. The zero-order valence-corrected chi connectivity index (χ0v) is 14.9. The van der Waals surface area contributed by atoms with Gasteiger partial charge in [-0.15, -0.1) is 0 Å². The highest BCUT2D eigenvalue weighted by atomic mass is 32.3. The number of aryl methyl sites for hydroxylation is 1. The van der Waals surface area contributed by atoms with Gasteiger partial charge in [-0.1, -0.05) is 48.5 Å². The molecule has 2 heteroatoms. The number of phenols is 1. The normalized spacial score (nSPS) is 12.0. The number of aromatic hydroxyl groups is 1. The molecule has 3 rings (SSSR count). The van der Waals surface area contributed by atoms with E-state index in [4.69, 9.17) is 0 Å². The molecule has 3 aromatic rings. The highest BCUT2D eigenvalue weighted by molar-refractivity contribution is 8.33. The van der Waals surface area contributed by atoms with Crippen molar-refractivity contribution < 1.29 is 5.11 Å². The minimum absolute atomic E-state index is 0.336. The second-order valence-electron chi connectivity index (χ2n) is 6.19. The molecule has 0 amide bonds. The largest absolute Gasteiger partial charge is 0.508 e. The fourth-order valence-electron chi connectivity index (χ4n) is 3.04. The van der Waals surface area contributed by atoms with Gasteiger partial charge in [0.2, 0.25) is 0 Å². The standard InChI is InChI=1S/C22H24OS/c1-24(21-10-4-2-5-11-21,22-12-6-3-7-13-22)18-8-9-19-14-16-20(23)17-15-19/h2-7,10-17,23H,8-9,18H2,1H3. The first-order valence-corrected chi connectivity index (χ1v) is 10.5. The lowest BCUT2D eigenvalue weighted by molar-refractivity contribution is 0.475. The van der Waals surface area contributed by atoms with Crippen LogP contribution in [0.5, 0.6) is 5.75 Å². The predicted molar refractivity (Wildman–Crippen MR) is 104 cm³/mol. The number of rotatable bonds is 6. The molecule has 0 aliphatic rings. The first kappa shape index (κ1) is 16.7. The van der Waals surface area contributed by atoms with E-state index in [1.54, 1.807) is 12.1 Å². The maximum atomic E-state index is 9.41. The van der Waals surface area contributed by atoms with Gasteiger partial charge in [0.05, 0.1) is 0 Å². The minimum Gasteiger partial charge on any atom is -0.508 e. The van der Waals surface area contributed by atoms with Crippen LogP contribution in [-0.2, 0) is 6.42 Å². The maximum Gasteiger partial charge on any atom is 0.115 e. The average Bonchev–Trinajstić information content (AvgIpc) is 2.65. The summed E-state index contributed by atoms with van der Waals surface area (Å²) < 4.78 is 0. The van der Waals surface area contributed by atoms with Gasteiger partial charge in [0.1, 0.15) is 5.75 Å². The van der Waals surface area contributed by atoms with Crippen LogP contribution < -0.4 is 0 Å². The van der Waals surface area contributed by atoms with Crippen LogP contribution in [-0.4, -0.2) is 17.1 Å². The van der Waals surface area contributed by atoms with Crippen LogP contribution in [0, 0.1) is 0 Å². The summed E-state index contributed by atoms with van der Waals surface area (Å²) in [6.07, 6.45) is 4.61. The highest BCUT2D eigenvalue weighted by Crippen LogP contribution is 2.59. The lowest BCUT2D eigenvalue weighted by Crippen LogP contribution is -2.06. The first-order valence-electron chi connectivity index (χ1n) is 8.33. The van der Waals surface area contributed by atoms with Gasteiger partial charge in [0.15, 0.2) is 0 Å². The molecular weight excluding hydrogens is 312 g/mol. The third kappa shape index (κ3) is 3.82. The first-order chi connectivity index (χ1) is 11.7. The average molecular weight is 337 g/mol. The Morgan fingerprint density at radius 1 is 0.708 bits per heavy atom. The minimum atomic E-state index is -1.02. The smallest absolute Gasteiger partial charge is 0.115 e. The topological polar surface area (TPSA) is 20.2 Å². The van der Waals surface area contributed by atoms with E-state index in [0.29, 0.717) is 5.75 Å². The molecule has 1 N–H and O–H groups in total. The van der Waals surface area contributed by atoms with E-state index in [-0.39, 0.29) is 0 Å². The lowest BCUT2D eigenvalue weighted by Gasteiger charge is -2.37. The van der Waals surface area contributed by atoms with Crippen molar-refractivity contribution >= 4 is 10.0 Å². The van der Waals surface area contributed by atoms with E-state index in [9.17, 15) is 5.11 Å². The third-order valence-electron chi connectivity index (χ3n) is 4.48. The van der Waals surface area contributed by atoms with Crippen LogP contribution in [0.3, 0.4) is 0 Å². The predicted octanol–water partition coefficient (Wildman–Crippen LogP) is 5.88. The van der Waals surface area contributed by atoms with Gasteiger partial charge >= 0.3 is 0 Å². The number of hydrogen-bond donors (Lipinski definition) is 1. The molecule has 0 fully saturated rings. The summed E-state index contributed by atoms with van der Waals surface area (Å²) in [4.78, 5) is 2.89. The van der Waals surface area contributed by atoms with Crippen molar-refractivity contribution in [3.63, 3.8) is 0 Å². The maximum absolute atomic E-state index is 9.41. The van der Waals surface area contributed by atoms with E-state index in [1.165, 1.54) is 21.1 Å². The van der Waals surface area contributed by atoms with Crippen LogP contribution in [0.25, 0.3) is 0 Å². The molecule has 0 radical (unpaired) electrons. The van der Waals surface area contributed by atoms with Crippen LogP contribution in [0.4, 0.5) is 0 Å². The van der Waals surface area contributed by atoms with E-state index in [0.717, 1.165) is 12.8 Å². The molecule has 0 aliphatic carbocycles. The molecular formula is C22H24OS.